The zero-order valence-corrected chi connectivity index (χ0v) is 30.8. The van der Waals surface area contributed by atoms with Gasteiger partial charge in [-0.05, 0) is 59.7 Å². The molecule has 2 unspecified atom stereocenters. The maximum atomic E-state index is 13.3. The van der Waals surface area contributed by atoms with Gasteiger partial charge in [-0.25, -0.2) is 34.7 Å². The van der Waals surface area contributed by atoms with E-state index in [0.29, 0.717) is 81.3 Å². The number of aromatic nitrogens is 6. The zero-order valence-electron chi connectivity index (χ0n) is 30.8. The second kappa shape index (κ2) is 16.9. The van der Waals surface area contributed by atoms with Crippen molar-refractivity contribution in [2.45, 2.75) is 38.5 Å². The first-order valence-electron chi connectivity index (χ1n) is 18.4. The number of nitrogens with zero attached hydrogens (tertiary/aromatic N) is 7. The third-order valence-corrected chi connectivity index (χ3v) is 10.0. The van der Waals surface area contributed by atoms with Crippen LogP contribution >= 0.6 is 0 Å². The molecule has 0 spiro atoms. The first-order chi connectivity index (χ1) is 27.9. The van der Waals surface area contributed by atoms with E-state index in [9.17, 15) is 9.59 Å². The molecule has 10 rings (SSSR count). The molecule has 2 saturated heterocycles. The van der Waals surface area contributed by atoms with Gasteiger partial charge in [-0.1, -0.05) is 0 Å². The molecule has 4 aliphatic rings. The topological polar surface area (TPSA) is 236 Å². The van der Waals surface area contributed by atoms with Crippen molar-refractivity contribution in [3.05, 3.63) is 118 Å². The number of rotatable bonds is 4. The van der Waals surface area contributed by atoms with Crippen LogP contribution in [0.5, 0.6) is 0 Å². The quantitative estimate of drug-likeness (QED) is 0.201. The first kappa shape index (κ1) is 37.7. The van der Waals surface area contributed by atoms with Gasteiger partial charge in [0, 0.05) is 65.3 Å². The maximum absolute atomic E-state index is 13.3. The number of carbonyl (C=O) groups is 2. The van der Waals surface area contributed by atoms with Crippen molar-refractivity contribution in [1.29, 1.82) is 0 Å². The summed E-state index contributed by atoms with van der Waals surface area (Å²) in [7, 11) is 0. The van der Waals surface area contributed by atoms with Crippen molar-refractivity contribution in [3.63, 3.8) is 0 Å². The Kier molecular flexibility index (Phi) is 11.1. The zero-order chi connectivity index (χ0) is 39.3. The Morgan fingerprint density at radius 2 is 1.23 bits per heavy atom. The molecule has 17 nitrogen and oxygen atoms in total. The molecule has 57 heavy (non-hydrogen) atoms. The highest BCUT2D eigenvalue weighted by Gasteiger charge is 2.32. The third-order valence-electron chi connectivity index (χ3n) is 10.0. The van der Waals surface area contributed by atoms with Gasteiger partial charge in [0.05, 0.1) is 75.5 Å². The van der Waals surface area contributed by atoms with Gasteiger partial charge >= 0.3 is 5.97 Å². The largest absolute Gasteiger partial charge is 0.478 e. The number of anilines is 2. The number of benzene rings is 2. The number of nitrogen functional groups attached to an aromatic ring is 2. The molecule has 0 radical (unpaired) electrons. The summed E-state index contributed by atoms with van der Waals surface area (Å²) >= 11 is 0. The van der Waals surface area contributed by atoms with Crippen molar-refractivity contribution in [1.82, 2.24) is 40.1 Å². The van der Waals surface area contributed by atoms with Crippen molar-refractivity contribution in [3.8, 4) is 0 Å². The smallest absolute Gasteiger partial charge is 0.335 e. The van der Waals surface area contributed by atoms with E-state index in [1.165, 1.54) is 6.07 Å². The first-order valence-corrected chi connectivity index (χ1v) is 18.4. The van der Waals surface area contributed by atoms with Crippen molar-refractivity contribution in [2.75, 3.05) is 51.0 Å². The van der Waals surface area contributed by atoms with Gasteiger partial charge in [-0.3, -0.25) is 4.79 Å². The fourth-order valence-electron chi connectivity index (χ4n) is 7.14. The summed E-state index contributed by atoms with van der Waals surface area (Å²) in [4.78, 5) is 51.7. The van der Waals surface area contributed by atoms with Gasteiger partial charge in [0.15, 0.2) is 5.82 Å². The lowest BCUT2D eigenvalue weighted by Crippen LogP contribution is -2.44. The lowest BCUT2D eigenvalue weighted by molar-refractivity contribution is -0.00522. The number of carbonyl (C=O) groups excluding carboxylic acids is 1. The summed E-state index contributed by atoms with van der Waals surface area (Å²) in [5.41, 5.74) is 17.9. The van der Waals surface area contributed by atoms with Crippen LogP contribution in [0.1, 0.15) is 66.7 Å². The summed E-state index contributed by atoms with van der Waals surface area (Å²) in [6.07, 6.45) is 6.85. The van der Waals surface area contributed by atoms with Gasteiger partial charge < -0.3 is 45.7 Å². The average molecular weight is 773 g/mol. The van der Waals surface area contributed by atoms with Crippen LogP contribution in [-0.4, -0.2) is 91.3 Å². The number of nitrogens with one attached hydrogen (secondary N) is 1. The van der Waals surface area contributed by atoms with E-state index in [1.807, 2.05) is 18.2 Å². The number of fused-ring (bicyclic) bond motifs is 6. The normalized spacial score (nSPS) is 18.5. The predicted octanol–water partition coefficient (Wildman–Crippen LogP) is 3.53. The van der Waals surface area contributed by atoms with Crippen LogP contribution < -0.4 is 16.8 Å². The molecular weight excluding hydrogens is 733 g/mol. The molecule has 292 valence electrons. The minimum absolute atomic E-state index is 0.0767. The highest BCUT2D eigenvalue weighted by molar-refractivity contribution is 5.99. The summed E-state index contributed by atoms with van der Waals surface area (Å²) in [5, 5.41) is 14.0. The summed E-state index contributed by atoms with van der Waals surface area (Å²) < 4.78 is 21.8. The van der Waals surface area contributed by atoms with Gasteiger partial charge in [-0.15, -0.1) is 0 Å². The Hall–Kier alpha value is -6.24. The number of amides is 1. The Morgan fingerprint density at radius 3 is 1.81 bits per heavy atom. The van der Waals surface area contributed by atoms with Crippen LogP contribution in [0.25, 0.3) is 21.8 Å². The Bertz CT molecular complexity index is 2420. The molecule has 2 fully saturated rings. The molecule has 2 atom stereocenters. The number of carboxylic acids is 1. The minimum atomic E-state index is -0.948. The molecule has 1 amide bonds. The summed E-state index contributed by atoms with van der Waals surface area (Å²) in [6, 6.07) is 13.8. The number of morpholine rings is 2. The van der Waals surface area contributed by atoms with Crippen LogP contribution in [0, 0.1) is 0 Å². The van der Waals surface area contributed by atoms with Crippen molar-refractivity contribution >= 4 is 45.3 Å². The number of hydrogen-bond acceptors (Lipinski definition) is 15. The van der Waals surface area contributed by atoms with Crippen molar-refractivity contribution < 1.29 is 33.6 Å². The lowest BCUT2D eigenvalue weighted by atomic mass is 10.0. The number of aromatic carboxylic acids is 1. The second-order valence-electron chi connectivity index (χ2n) is 13.5. The predicted molar refractivity (Wildman–Crippen MR) is 206 cm³/mol. The Balaban J connectivity index is 0.000000133. The number of carboxylic acid groups (broad SMARTS) is 1. The standard InChI is InChI=1S/C20H19N5O3.C12H10N2O3.C8H11N3O/c21-18-15-10-28-9-14(15)13-8-12(2-3-16(13)24-18)20(26)25-6-7-27-11-17(25)19-22-4-1-5-23-19;13-11-9-5-17-4-8(9)7-3-6(12(15)16)1-2-10(7)14-11;1-2-10-8(11-3-1)7-6-12-5-4-9-7/h1-5,8,17H,6-7,9-11H2,(H2,21,24);1-3H,4-5H2,(H2,13,14)(H,15,16);1-3,7,9H,4-6H2. The fraction of sp³-hybridized carbons (Fsp3) is 0.300. The molecular formula is C40H40N10O7. The third kappa shape index (κ3) is 8.05. The van der Waals surface area contributed by atoms with Crippen LogP contribution in [0.15, 0.2) is 73.3 Å². The van der Waals surface area contributed by atoms with Gasteiger partial charge in [-0.2, -0.15) is 0 Å². The molecule has 0 saturated carbocycles. The minimum Gasteiger partial charge on any atom is -0.478 e. The van der Waals surface area contributed by atoms with Gasteiger partial charge in [0.1, 0.15) is 23.5 Å². The number of pyridine rings is 2. The molecule has 17 heteroatoms. The molecule has 4 aliphatic heterocycles. The molecule has 2 aromatic carbocycles. The van der Waals surface area contributed by atoms with E-state index in [1.54, 1.807) is 54.0 Å². The number of nitrogens with two attached hydrogens (primary N) is 2. The van der Waals surface area contributed by atoms with E-state index >= 15 is 0 Å². The summed E-state index contributed by atoms with van der Waals surface area (Å²) in [6.45, 7) is 5.53. The highest BCUT2D eigenvalue weighted by atomic mass is 16.5. The van der Waals surface area contributed by atoms with Crippen LogP contribution in [0.4, 0.5) is 11.6 Å². The van der Waals surface area contributed by atoms with E-state index in [4.69, 9.17) is 35.5 Å². The number of hydrogen-bond donors (Lipinski definition) is 4. The molecule has 6 N–H and O–H groups in total. The molecule has 0 aliphatic carbocycles. The van der Waals surface area contributed by atoms with E-state index in [-0.39, 0.29) is 23.6 Å². The van der Waals surface area contributed by atoms with Gasteiger partial charge in [0.25, 0.3) is 5.91 Å². The monoisotopic (exact) mass is 772 g/mol. The molecule has 8 heterocycles. The maximum Gasteiger partial charge on any atom is 0.335 e. The SMILES string of the molecule is Nc1nc2ccc(C(=O)N3CCOCC3c3ncccn3)cc2c2c1COC2.Nc1nc2ccc(C(=O)O)cc2c2c1COC2.c1cnc(C2COCCN2)nc1. The van der Waals surface area contributed by atoms with Crippen LogP contribution in [-0.2, 0) is 45.4 Å². The second-order valence-corrected chi connectivity index (χ2v) is 13.5. The van der Waals surface area contributed by atoms with Crippen LogP contribution in [0.2, 0.25) is 0 Å². The summed E-state index contributed by atoms with van der Waals surface area (Å²) in [5.74, 6) is 1.34. The molecule has 6 aromatic rings. The van der Waals surface area contributed by atoms with Crippen LogP contribution in [0.3, 0.4) is 0 Å². The van der Waals surface area contributed by atoms with Gasteiger partial charge in [0.2, 0.25) is 0 Å². The Labute approximate surface area is 326 Å². The number of ether oxygens (including phenoxy) is 4. The average Bonchev–Trinajstić information content (AvgIpc) is 3.98. The van der Waals surface area contributed by atoms with E-state index < -0.39 is 5.97 Å². The lowest BCUT2D eigenvalue weighted by Gasteiger charge is -2.34. The fourth-order valence-corrected chi connectivity index (χ4v) is 7.14. The molecule has 0 bridgehead atoms. The van der Waals surface area contributed by atoms with E-state index in [0.717, 1.165) is 57.5 Å². The molecule has 4 aromatic heterocycles. The highest BCUT2D eigenvalue weighted by Crippen LogP contribution is 2.33. The Morgan fingerprint density at radius 1 is 0.684 bits per heavy atom. The van der Waals surface area contributed by atoms with E-state index in [2.05, 4.69) is 35.2 Å². The van der Waals surface area contributed by atoms with Crippen molar-refractivity contribution in [2.24, 2.45) is 0 Å².